The second kappa shape index (κ2) is 4.36. The van der Waals surface area contributed by atoms with Gasteiger partial charge in [0.05, 0.1) is 0 Å². The summed E-state index contributed by atoms with van der Waals surface area (Å²) in [5.41, 5.74) is 0. The summed E-state index contributed by atoms with van der Waals surface area (Å²) in [7, 11) is 0. The van der Waals surface area contributed by atoms with Crippen LogP contribution in [0.4, 0.5) is 5.13 Å². The van der Waals surface area contributed by atoms with Crippen molar-refractivity contribution in [3.63, 3.8) is 0 Å². The third-order valence-corrected chi connectivity index (χ3v) is 1.73. The maximum absolute atomic E-state index is 10.9. The number of thiazole rings is 1. The van der Waals surface area contributed by atoms with Gasteiger partial charge in [-0.25, -0.2) is 9.78 Å². The Kier molecular flexibility index (Phi) is 3.15. The summed E-state index contributed by atoms with van der Waals surface area (Å²) in [5.74, 6) is -1.66. The van der Waals surface area contributed by atoms with Crippen LogP contribution in [0.3, 0.4) is 0 Å². The van der Waals surface area contributed by atoms with Gasteiger partial charge in [0.1, 0.15) is 0 Å². The number of aromatic nitrogens is 1. The van der Waals surface area contributed by atoms with Crippen molar-refractivity contribution in [2.24, 2.45) is 0 Å². The Bertz CT molecular complexity index is 332. The van der Waals surface area contributed by atoms with Gasteiger partial charge in [-0.05, 0) is 0 Å². The second-order valence-corrected chi connectivity index (χ2v) is 2.89. The second-order valence-electron chi connectivity index (χ2n) is 2.00. The zero-order chi connectivity index (χ0) is 9.68. The van der Waals surface area contributed by atoms with Gasteiger partial charge in [-0.1, -0.05) is 0 Å². The molecule has 1 aromatic heterocycles. The molecule has 0 aliphatic carbocycles. The molecule has 1 aromatic rings. The molecule has 5 nitrogen and oxygen atoms in total. The highest BCUT2D eigenvalue weighted by Crippen LogP contribution is 2.09. The molecule has 1 rings (SSSR count). The third kappa shape index (κ3) is 3.48. The third-order valence-electron chi connectivity index (χ3n) is 1.04. The lowest BCUT2D eigenvalue weighted by Crippen LogP contribution is -2.08. The molecule has 0 atom stereocenters. The first-order chi connectivity index (χ1) is 6.18. The van der Waals surface area contributed by atoms with Gasteiger partial charge >= 0.3 is 5.97 Å². The fourth-order valence-corrected chi connectivity index (χ4v) is 1.11. The van der Waals surface area contributed by atoms with Crippen molar-refractivity contribution in [3.05, 3.63) is 23.7 Å². The molecule has 0 aliphatic rings. The van der Waals surface area contributed by atoms with E-state index in [0.717, 1.165) is 12.2 Å². The van der Waals surface area contributed by atoms with Crippen LogP contribution in [-0.4, -0.2) is 22.0 Å². The fraction of sp³-hybridized carbons (Fsp3) is 0. The Labute approximate surface area is 77.7 Å². The highest BCUT2D eigenvalue weighted by Gasteiger charge is 1.99. The van der Waals surface area contributed by atoms with Crippen LogP contribution in [0.5, 0.6) is 0 Å². The SMILES string of the molecule is O=C(O)C=CC(=O)Nc1nccs1. The topological polar surface area (TPSA) is 79.3 Å². The molecule has 0 saturated heterocycles. The van der Waals surface area contributed by atoms with Crippen LogP contribution in [0.2, 0.25) is 0 Å². The largest absolute Gasteiger partial charge is 0.478 e. The molecule has 0 aliphatic heterocycles. The predicted octanol–water partition coefficient (Wildman–Crippen LogP) is 0.722. The summed E-state index contributed by atoms with van der Waals surface area (Å²) in [4.78, 5) is 24.7. The van der Waals surface area contributed by atoms with Crippen molar-refractivity contribution >= 4 is 28.3 Å². The number of nitrogens with one attached hydrogen (secondary N) is 1. The summed E-state index contributed by atoms with van der Waals surface area (Å²) in [6.07, 6.45) is 3.24. The average Bonchev–Trinajstić information content (AvgIpc) is 2.53. The first-order valence-corrected chi connectivity index (χ1v) is 4.18. The number of carboxylic acid groups (broad SMARTS) is 1. The van der Waals surface area contributed by atoms with E-state index in [-0.39, 0.29) is 0 Å². The maximum Gasteiger partial charge on any atom is 0.328 e. The highest BCUT2D eigenvalue weighted by atomic mass is 32.1. The van der Waals surface area contributed by atoms with Crippen molar-refractivity contribution in [3.8, 4) is 0 Å². The Balaban J connectivity index is 2.47. The molecule has 0 aromatic carbocycles. The van der Waals surface area contributed by atoms with Crippen molar-refractivity contribution in [2.75, 3.05) is 5.32 Å². The van der Waals surface area contributed by atoms with Gasteiger partial charge in [0.2, 0.25) is 5.91 Å². The molecule has 1 amide bonds. The summed E-state index contributed by atoms with van der Waals surface area (Å²) >= 11 is 1.26. The number of carbonyl (C=O) groups excluding carboxylic acids is 1. The van der Waals surface area contributed by atoms with E-state index < -0.39 is 11.9 Å². The van der Waals surface area contributed by atoms with Gasteiger partial charge in [-0.3, -0.25) is 10.1 Å². The van der Waals surface area contributed by atoms with E-state index in [2.05, 4.69) is 10.3 Å². The summed E-state index contributed by atoms with van der Waals surface area (Å²) < 4.78 is 0. The minimum absolute atomic E-state index is 0.444. The molecular formula is C7H6N2O3S. The molecule has 2 N–H and O–H groups in total. The number of carboxylic acids is 1. The molecule has 0 unspecified atom stereocenters. The van der Waals surface area contributed by atoms with Crippen LogP contribution in [0.15, 0.2) is 23.7 Å². The molecular weight excluding hydrogens is 192 g/mol. The minimum Gasteiger partial charge on any atom is -0.478 e. The minimum atomic E-state index is -1.16. The number of amides is 1. The average molecular weight is 198 g/mol. The highest BCUT2D eigenvalue weighted by molar-refractivity contribution is 7.13. The molecule has 1 heterocycles. The number of aliphatic carboxylic acids is 1. The van der Waals surface area contributed by atoms with Crippen molar-refractivity contribution in [1.29, 1.82) is 0 Å². The molecule has 0 saturated carbocycles. The lowest BCUT2D eigenvalue weighted by molar-refractivity contribution is -0.131. The van der Waals surface area contributed by atoms with Crippen LogP contribution in [0.1, 0.15) is 0 Å². The number of anilines is 1. The smallest absolute Gasteiger partial charge is 0.328 e. The van der Waals surface area contributed by atoms with Crippen LogP contribution in [0.25, 0.3) is 0 Å². The first kappa shape index (κ1) is 9.40. The quantitative estimate of drug-likeness (QED) is 0.701. The van der Waals surface area contributed by atoms with E-state index in [4.69, 9.17) is 5.11 Å². The number of hydrogen-bond donors (Lipinski definition) is 2. The van der Waals surface area contributed by atoms with E-state index in [1.807, 2.05) is 0 Å². The fourth-order valence-electron chi connectivity index (χ4n) is 0.579. The number of nitrogens with zero attached hydrogens (tertiary/aromatic N) is 1. The molecule has 0 radical (unpaired) electrons. The van der Waals surface area contributed by atoms with Crippen molar-refractivity contribution < 1.29 is 14.7 Å². The van der Waals surface area contributed by atoms with E-state index in [1.54, 1.807) is 11.6 Å². The Hall–Kier alpha value is -1.69. The first-order valence-electron chi connectivity index (χ1n) is 3.30. The van der Waals surface area contributed by atoms with E-state index >= 15 is 0 Å². The van der Waals surface area contributed by atoms with Crippen LogP contribution in [0, 0.1) is 0 Å². The summed E-state index contributed by atoms with van der Waals surface area (Å²) in [5, 5.41) is 12.8. The van der Waals surface area contributed by atoms with Gasteiger partial charge in [0.15, 0.2) is 5.13 Å². The van der Waals surface area contributed by atoms with Crippen molar-refractivity contribution in [1.82, 2.24) is 4.98 Å². The standard InChI is InChI=1S/C7H6N2O3S/c10-5(1-2-6(11)12)9-7-8-3-4-13-7/h1-4H,(H,11,12)(H,8,9,10). The van der Waals surface area contributed by atoms with Gasteiger partial charge in [-0.2, -0.15) is 0 Å². The van der Waals surface area contributed by atoms with Gasteiger partial charge < -0.3 is 5.11 Å². The zero-order valence-electron chi connectivity index (χ0n) is 6.43. The predicted molar refractivity (Wildman–Crippen MR) is 47.5 cm³/mol. The molecule has 0 spiro atoms. The lowest BCUT2D eigenvalue weighted by atomic mass is 10.5. The molecule has 13 heavy (non-hydrogen) atoms. The number of rotatable bonds is 3. The Morgan fingerprint density at radius 2 is 2.31 bits per heavy atom. The molecule has 0 bridgehead atoms. The summed E-state index contributed by atoms with van der Waals surface area (Å²) in [6, 6.07) is 0. The van der Waals surface area contributed by atoms with Crippen LogP contribution >= 0.6 is 11.3 Å². The van der Waals surface area contributed by atoms with E-state index in [1.165, 1.54) is 11.3 Å². The van der Waals surface area contributed by atoms with Crippen LogP contribution in [-0.2, 0) is 9.59 Å². The molecule has 0 fully saturated rings. The zero-order valence-corrected chi connectivity index (χ0v) is 7.25. The van der Waals surface area contributed by atoms with E-state index in [9.17, 15) is 9.59 Å². The van der Waals surface area contributed by atoms with E-state index in [0.29, 0.717) is 5.13 Å². The monoisotopic (exact) mass is 198 g/mol. The van der Waals surface area contributed by atoms with Crippen molar-refractivity contribution in [2.45, 2.75) is 0 Å². The Morgan fingerprint density at radius 1 is 1.54 bits per heavy atom. The van der Waals surface area contributed by atoms with Gasteiger partial charge in [-0.15, -0.1) is 11.3 Å². The molecule has 6 heteroatoms. The Morgan fingerprint density at radius 3 is 2.85 bits per heavy atom. The van der Waals surface area contributed by atoms with Crippen LogP contribution < -0.4 is 5.32 Å². The van der Waals surface area contributed by atoms with Gasteiger partial charge in [0, 0.05) is 23.7 Å². The lowest BCUT2D eigenvalue weighted by Gasteiger charge is -1.93. The van der Waals surface area contributed by atoms with Gasteiger partial charge in [0.25, 0.3) is 0 Å². The normalized spacial score (nSPS) is 10.2. The maximum atomic E-state index is 10.9. The summed E-state index contributed by atoms with van der Waals surface area (Å²) in [6.45, 7) is 0. The molecule has 68 valence electrons. The number of carbonyl (C=O) groups is 2. The number of hydrogen-bond acceptors (Lipinski definition) is 4.